The minimum absolute atomic E-state index is 0.158. The van der Waals surface area contributed by atoms with Crippen LogP contribution in [0, 0.1) is 11.8 Å². The maximum Gasteiger partial charge on any atom is 0.220 e. The highest BCUT2D eigenvalue weighted by molar-refractivity contribution is 5.76. The lowest BCUT2D eigenvalue weighted by atomic mass is 9.84. The Morgan fingerprint density at radius 2 is 1.92 bits per heavy atom. The van der Waals surface area contributed by atoms with Crippen molar-refractivity contribution in [1.82, 2.24) is 10.6 Å². The Morgan fingerprint density at radius 3 is 2.58 bits per heavy atom. The average molecular weight is 334 g/mol. The predicted octanol–water partition coefficient (Wildman–Crippen LogP) is 2.61. The molecule has 1 aromatic carbocycles. The van der Waals surface area contributed by atoms with Crippen molar-refractivity contribution < 1.29 is 14.3 Å². The van der Waals surface area contributed by atoms with Gasteiger partial charge >= 0.3 is 0 Å². The number of hydrogen-bond acceptors (Lipinski definition) is 4. The van der Waals surface area contributed by atoms with Gasteiger partial charge in [0.15, 0.2) is 0 Å². The Labute approximate surface area is 145 Å². The highest BCUT2D eigenvalue weighted by atomic mass is 16.5. The summed E-state index contributed by atoms with van der Waals surface area (Å²) in [6.45, 7) is 5.62. The fourth-order valence-corrected chi connectivity index (χ4v) is 3.11. The summed E-state index contributed by atoms with van der Waals surface area (Å²) < 4.78 is 10.8. The summed E-state index contributed by atoms with van der Waals surface area (Å²) in [6.07, 6.45) is 3.80. The Kier molecular flexibility index (Phi) is 7.89. The van der Waals surface area contributed by atoms with E-state index in [4.69, 9.17) is 9.47 Å². The van der Waals surface area contributed by atoms with Gasteiger partial charge in [0.25, 0.3) is 0 Å². The number of nitrogens with one attached hydrogen (secondary N) is 2. The van der Waals surface area contributed by atoms with Crippen molar-refractivity contribution in [1.29, 1.82) is 0 Å². The predicted molar refractivity (Wildman–Crippen MR) is 95.5 cm³/mol. The maximum absolute atomic E-state index is 12.0. The van der Waals surface area contributed by atoms with Crippen LogP contribution in [0.4, 0.5) is 0 Å². The van der Waals surface area contributed by atoms with Gasteiger partial charge in [-0.25, -0.2) is 0 Å². The van der Waals surface area contributed by atoms with Crippen LogP contribution in [0.2, 0.25) is 0 Å². The van der Waals surface area contributed by atoms with Crippen LogP contribution in [-0.2, 0) is 4.79 Å². The molecule has 1 fully saturated rings. The first-order chi connectivity index (χ1) is 11.7. The van der Waals surface area contributed by atoms with Crippen LogP contribution in [0.15, 0.2) is 24.3 Å². The summed E-state index contributed by atoms with van der Waals surface area (Å²) in [5.41, 5.74) is 0. The van der Waals surface area contributed by atoms with Gasteiger partial charge in [-0.15, -0.1) is 0 Å². The highest BCUT2D eigenvalue weighted by Gasteiger charge is 2.21. The molecule has 2 N–H and O–H groups in total. The van der Waals surface area contributed by atoms with E-state index in [-0.39, 0.29) is 5.91 Å². The van der Waals surface area contributed by atoms with Crippen LogP contribution < -0.4 is 20.1 Å². The van der Waals surface area contributed by atoms with E-state index in [1.807, 2.05) is 24.3 Å². The number of benzene rings is 1. The minimum atomic E-state index is 0.158. The van der Waals surface area contributed by atoms with Gasteiger partial charge in [0.05, 0.1) is 13.7 Å². The van der Waals surface area contributed by atoms with Crippen molar-refractivity contribution in [3.8, 4) is 11.5 Å². The SMILES string of the molecule is COc1ccc(OCCCNC(=O)CC(C)C2CCNCC2)cc1. The molecule has 0 saturated carbocycles. The number of hydrogen-bond donors (Lipinski definition) is 2. The summed E-state index contributed by atoms with van der Waals surface area (Å²) in [7, 11) is 1.64. The topological polar surface area (TPSA) is 59.6 Å². The summed E-state index contributed by atoms with van der Waals surface area (Å²) in [5, 5.41) is 6.37. The fourth-order valence-electron chi connectivity index (χ4n) is 3.11. The van der Waals surface area contributed by atoms with Gasteiger partial charge in [0.1, 0.15) is 11.5 Å². The molecule has 0 aliphatic carbocycles. The molecular formula is C19H30N2O3. The molecule has 1 heterocycles. The van der Waals surface area contributed by atoms with Crippen molar-refractivity contribution in [3.63, 3.8) is 0 Å². The molecule has 1 saturated heterocycles. The number of amides is 1. The average Bonchev–Trinajstić information content (AvgIpc) is 2.62. The van der Waals surface area contributed by atoms with Gasteiger partial charge in [-0.3, -0.25) is 4.79 Å². The van der Waals surface area contributed by atoms with Gasteiger partial charge in [-0.05, 0) is 68.5 Å². The zero-order valence-corrected chi connectivity index (χ0v) is 14.8. The van der Waals surface area contributed by atoms with Crippen LogP contribution >= 0.6 is 0 Å². The first-order valence-electron chi connectivity index (χ1n) is 8.93. The second kappa shape index (κ2) is 10.2. The monoisotopic (exact) mass is 334 g/mol. The van der Waals surface area contributed by atoms with E-state index in [1.165, 1.54) is 12.8 Å². The number of piperidine rings is 1. The van der Waals surface area contributed by atoms with E-state index in [9.17, 15) is 4.79 Å². The third kappa shape index (κ3) is 6.40. The molecule has 1 aliphatic heterocycles. The number of carbonyl (C=O) groups is 1. The Hall–Kier alpha value is -1.75. The summed E-state index contributed by atoms with van der Waals surface area (Å²) in [6, 6.07) is 7.52. The van der Waals surface area contributed by atoms with Crippen molar-refractivity contribution in [2.24, 2.45) is 11.8 Å². The smallest absolute Gasteiger partial charge is 0.220 e. The van der Waals surface area contributed by atoms with E-state index in [2.05, 4.69) is 17.6 Å². The van der Waals surface area contributed by atoms with Gasteiger partial charge in [-0.1, -0.05) is 6.92 Å². The van der Waals surface area contributed by atoms with Gasteiger partial charge in [0, 0.05) is 13.0 Å². The molecule has 0 aromatic heterocycles. The molecule has 2 rings (SSSR count). The summed E-state index contributed by atoms with van der Waals surface area (Å²) >= 11 is 0. The molecular weight excluding hydrogens is 304 g/mol. The number of ether oxygens (including phenoxy) is 2. The Bertz CT molecular complexity index is 484. The normalized spacial score (nSPS) is 16.4. The van der Waals surface area contributed by atoms with Crippen LogP contribution in [0.5, 0.6) is 11.5 Å². The van der Waals surface area contributed by atoms with Crippen LogP contribution in [0.1, 0.15) is 32.6 Å². The van der Waals surface area contributed by atoms with Crippen LogP contribution in [0.25, 0.3) is 0 Å². The summed E-state index contributed by atoms with van der Waals surface area (Å²) in [4.78, 5) is 12.0. The molecule has 5 nitrogen and oxygen atoms in total. The van der Waals surface area contributed by atoms with E-state index >= 15 is 0 Å². The molecule has 0 spiro atoms. The lowest BCUT2D eigenvalue weighted by molar-refractivity contribution is -0.122. The number of carbonyl (C=O) groups excluding carboxylic acids is 1. The first kappa shape index (κ1) is 18.6. The maximum atomic E-state index is 12.0. The molecule has 0 bridgehead atoms. The van der Waals surface area contributed by atoms with E-state index in [0.29, 0.717) is 31.4 Å². The first-order valence-corrected chi connectivity index (χ1v) is 8.93. The van der Waals surface area contributed by atoms with E-state index in [1.54, 1.807) is 7.11 Å². The van der Waals surface area contributed by atoms with Gasteiger partial charge in [0.2, 0.25) is 5.91 Å². The van der Waals surface area contributed by atoms with Crippen molar-refractivity contribution in [2.75, 3.05) is 33.4 Å². The second-order valence-corrected chi connectivity index (χ2v) is 6.50. The zero-order chi connectivity index (χ0) is 17.2. The molecule has 24 heavy (non-hydrogen) atoms. The third-order valence-electron chi connectivity index (χ3n) is 4.67. The van der Waals surface area contributed by atoms with Crippen molar-refractivity contribution >= 4 is 5.91 Å². The molecule has 1 atom stereocenters. The second-order valence-electron chi connectivity index (χ2n) is 6.50. The van der Waals surface area contributed by atoms with E-state index < -0.39 is 0 Å². The summed E-state index contributed by atoms with van der Waals surface area (Å²) in [5.74, 6) is 2.93. The molecule has 134 valence electrons. The number of methoxy groups -OCH3 is 1. The lowest BCUT2D eigenvalue weighted by Crippen LogP contribution is -2.33. The highest BCUT2D eigenvalue weighted by Crippen LogP contribution is 2.24. The quantitative estimate of drug-likeness (QED) is 0.682. The fraction of sp³-hybridized carbons (Fsp3) is 0.632. The molecule has 0 radical (unpaired) electrons. The third-order valence-corrected chi connectivity index (χ3v) is 4.67. The molecule has 1 aliphatic rings. The van der Waals surface area contributed by atoms with Crippen LogP contribution in [-0.4, -0.2) is 39.3 Å². The van der Waals surface area contributed by atoms with Crippen molar-refractivity contribution in [3.05, 3.63) is 24.3 Å². The standard InChI is InChI=1S/C19H30N2O3/c1-15(16-8-11-20-12-9-16)14-19(22)21-10-3-13-24-18-6-4-17(23-2)5-7-18/h4-7,15-16,20H,3,8-14H2,1-2H3,(H,21,22). The van der Waals surface area contributed by atoms with Gasteiger partial charge in [-0.2, -0.15) is 0 Å². The minimum Gasteiger partial charge on any atom is -0.497 e. The molecule has 1 unspecified atom stereocenters. The largest absolute Gasteiger partial charge is 0.497 e. The van der Waals surface area contributed by atoms with E-state index in [0.717, 1.165) is 31.0 Å². The van der Waals surface area contributed by atoms with Crippen LogP contribution in [0.3, 0.4) is 0 Å². The van der Waals surface area contributed by atoms with Crippen molar-refractivity contribution in [2.45, 2.75) is 32.6 Å². The molecule has 1 amide bonds. The zero-order valence-electron chi connectivity index (χ0n) is 14.8. The lowest BCUT2D eigenvalue weighted by Gasteiger charge is -2.27. The molecule has 1 aromatic rings. The number of rotatable bonds is 9. The Morgan fingerprint density at radius 1 is 1.25 bits per heavy atom. The molecule has 5 heteroatoms. The Balaban J connectivity index is 1.55. The van der Waals surface area contributed by atoms with Gasteiger partial charge < -0.3 is 20.1 Å².